The van der Waals surface area contributed by atoms with E-state index in [1.807, 2.05) is 24.3 Å². The molecule has 29 heavy (non-hydrogen) atoms. The third-order valence-electron chi connectivity index (χ3n) is 4.01. The Labute approximate surface area is 188 Å². The molecule has 2 N–H and O–H groups in total. The Morgan fingerprint density at radius 3 is 1.34 bits per heavy atom. The molecule has 5 heteroatoms. The van der Waals surface area contributed by atoms with Gasteiger partial charge in [-0.25, -0.2) is 0 Å². The number of phenols is 2. The van der Waals surface area contributed by atoms with Gasteiger partial charge in [0.1, 0.15) is 11.5 Å². The second-order valence-electron chi connectivity index (χ2n) is 7.55. The summed E-state index contributed by atoms with van der Waals surface area (Å²) >= 11 is 0. The van der Waals surface area contributed by atoms with Crippen LogP contribution in [0.15, 0.2) is 58.5 Å². The minimum absolute atomic E-state index is 0. The molecule has 0 saturated heterocycles. The standard InChI is InChI=1S/2C12H17NO.Zn/c2*1-10(2)7-8-13-9-11-5-3-4-6-12(11)14;/h2*3-6,9-10,14H,7-8H2,1-2H3;. The predicted molar refractivity (Wildman–Crippen MR) is 120 cm³/mol. The Kier molecular flexibility index (Phi) is 14.8. The van der Waals surface area contributed by atoms with E-state index in [0.29, 0.717) is 23.3 Å². The Morgan fingerprint density at radius 2 is 1.03 bits per heavy atom. The fraction of sp³-hybridized carbons (Fsp3) is 0.417. The zero-order valence-corrected chi connectivity index (χ0v) is 21.2. The van der Waals surface area contributed by atoms with Crippen molar-refractivity contribution >= 4 is 12.4 Å². The van der Waals surface area contributed by atoms with Crippen molar-refractivity contribution in [2.45, 2.75) is 40.5 Å². The first-order valence-corrected chi connectivity index (χ1v) is 9.95. The van der Waals surface area contributed by atoms with Crippen LogP contribution in [-0.4, -0.2) is 35.7 Å². The average molecular weight is 448 g/mol. The van der Waals surface area contributed by atoms with Gasteiger partial charge in [0, 0.05) is 56.1 Å². The Balaban J connectivity index is 0.000000523. The molecule has 0 heterocycles. The zero-order chi connectivity index (χ0) is 20.8. The molecule has 0 amide bonds. The average Bonchev–Trinajstić information content (AvgIpc) is 2.65. The molecule has 0 unspecified atom stereocenters. The fourth-order valence-electron chi connectivity index (χ4n) is 2.18. The number of aromatic hydroxyl groups is 2. The van der Waals surface area contributed by atoms with Crippen LogP contribution < -0.4 is 0 Å². The van der Waals surface area contributed by atoms with Crippen molar-refractivity contribution in [2.75, 3.05) is 13.1 Å². The van der Waals surface area contributed by atoms with Crippen LogP contribution in [0.25, 0.3) is 0 Å². The van der Waals surface area contributed by atoms with Gasteiger partial charge in [0.15, 0.2) is 0 Å². The van der Waals surface area contributed by atoms with Crippen LogP contribution >= 0.6 is 0 Å². The molecule has 2 aromatic carbocycles. The van der Waals surface area contributed by atoms with Crippen molar-refractivity contribution < 1.29 is 29.7 Å². The van der Waals surface area contributed by atoms with Crippen LogP contribution in [0, 0.1) is 11.8 Å². The van der Waals surface area contributed by atoms with Gasteiger partial charge >= 0.3 is 0 Å². The Hall–Kier alpha value is -2.00. The summed E-state index contributed by atoms with van der Waals surface area (Å²) in [5.74, 6) is 1.94. The number of benzene rings is 2. The quantitative estimate of drug-likeness (QED) is 0.402. The molecule has 0 fully saturated rings. The number of aliphatic imine (C=N–C) groups is 2. The van der Waals surface area contributed by atoms with Gasteiger partial charge in [0.2, 0.25) is 0 Å². The van der Waals surface area contributed by atoms with E-state index < -0.39 is 0 Å². The monoisotopic (exact) mass is 446 g/mol. The number of para-hydroxylation sites is 2. The number of hydrogen-bond acceptors (Lipinski definition) is 4. The van der Waals surface area contributed by atoms with Gasteiger partial charge < -0.3 is 10.2 Å². The normalized spacial score (nSPS) is 11.0. The van der Waals surface area contributed by atoms with Crippen LogP contribution in [0.1, 0.15) is 51.7 Å². The summed E-state index contributed by atoms with van der Waals surface area (Å²) in [6.45, 7) is 10.4. The van der Waals surface area contributed by atoms with Gasteiger partial charge in [-0.3, -0.25) is 9.98 Å². The number of rotatable bonds is 8. The third kappa shape index (κ3) is 13.0. The maximum absolute atomic E-state index is 9.43. The molecule has 4 nitrogen and oxygen atoms in total. The molecule has 0 aliphatic heterocycles. The first-order valence-electron chi connectivity index (χ1n) is 9.95. The molecule has 0 bridgehead atoms. The summed E-state index contributed by atoms with van der Waals surface area (Å²) in [5.41, 5.74) is 1.58. The molecule has 2 aromatic rings. The second-order valence-corrected chi connectivity index (χ2v) is 7.55. The summed E-state index contributed by atoms with van der Waals surface area (Å²) in [6.07, 6.45) is 5.64. The van der Waals surface area contributed by atoms with E-state index in [-0.39, 0.29) is 19.5 Å². The van der Waals surface area contributed by atoms with Gasteiger partial charge in [0.05, 0.1) is 0 Å². The Bertz CT molecular complexity index is 680. The van der Waals surface area contributed by atoms with Crippen molar-refractivity contribution in [3.8, 4) is 11.5 Å². The van der Waals surface area contributed by atoms with E-state index in [0.717, 1.165) is 37.1 Å². The third-order valence-corrected chi connectivity index (χ3v) is 4.01. The van der Waals surface area contributed by atoms with E-state index in [4.69, 9.17) is 0 Å². The maximum atomic E-state index is 9.43. The topological polar surface area (TPSA) is 65.2 Å². The largest absolute Gasteiger partial charge is 0.507 e. The van der Waals surface area contributed by atoms with Crippen LogP contribution in [0.4, 0.5) is 0 Å². The van der Waals surface area contributed by atoms with Crippen molar-refractivity contribution in [2.24, 2.45) is 21.8 Å². The van der Waals surface area contributed by atoms with Gasteiger partial charge in [0.25, 0.3) is 0 Å². The van der Waals surface area contributed by atoms with E-state index in [1.54, 1.807) is 36.7 Å². The van der Waals surface area contributed by atoms with E-state index >= 15 is 0 Å². The summed E-state index contributed by atoms with van der Waals surface area (Å²) in [6, 6.07) is 14.4. The smallest absolute Gasteiger partial charge is 0.124 e. The number of phenolic OH excluding ortho intramolecular Hbond substituents is 2. The van der Waals surface area contributed by atoms with Crippen molar-refractivity contribution in [1.82, 2.24) is 0 Å². The molecule has 0 radical (unpaired) electrons. The molecule has 0 saturated carbocycles. The minimum Gasteiger partial charge on any atom is -0.507 e. The van der Waals surface area contributed by atoms with E-state index in [1.165, 1.54) is 0 Å². The van der Waals surface area contributed by atoms with Crippen molar-refractivity contribution in [3.63, 3.8) is 0 Å². The maximum Gasteiger partial charge on any atom is 0.124 e. The molecule has 0 spiro atoms. The summed E-state index contributed by atoms with van der Waals surface area (Å²) < 4.78 is 0. The zero-order valence-electron chi connectivity index (χ0n) is 18.3. The molecule has 2 rings (SSSR count). The van der Waals surface area contributed by atoms with Crippen LogP contribution in [0.5, 0.6) is 11.5 Å². The summed E-state index contributed by atoms with van der Waals surface area (Å²) in [4.78, 5) is 8.52. The number of nitrogens with zero attached hydrogens (tertiary/aromatic N) is 2. The van der Waals surface area contributed by atoms with Crippen LogP contribution in [0.2, 0.25) is 0 Å². The summed E-state index contributed by atoms with van der Waals surface area (Å²) in [7, 11) is 0. The molecular weight excluding hydrogens is 414 g/mol. The molecular formula is C24H34N2O2Zn. The molecule has 0 atom stereocenters. The molecule has 0 aromatic heterocycles. The molecule has 0 aliphatic carbocycles. The predicted octanol–water partition coefficient (Wildman–Crippen LogP) is 5.71. The van der Waals surface area contributed by atoms with Gasteiger partial charge in [-0.2, -0.15) is 0 Å². The molecule has 0 aliphatic rings. The van der Waals surface area contributed by atoms with Gasteiger partial charge in [-0.15, -0.1) is 0 Å². The fourth-order valence-corrected chi connectivity index (χ4v) is 2.18. The minimum atomic E-state index is 0. The van der Waals surface area contributed by atoms with Crippen molar-refractivity contribution in [1.29, 1.82) is 0 Å². The van der Waals surface area contributed by atoms with Gasteiger partial charge in [-0.05, 0) is 48.9 Å². The van der Waals surface area contributed by atoms with E-state index in [9.17, 15) is 10.2 Å². The molecule has 154 valence electrons. The number of hydrogen-bond donors (Lipinski definition) is 2. The van der Waals surface area contributed by atoms with Crippen molar-refractivity contribution in [3.05, 3.63) is 59.7 Å². The second kappa shape index (κ2) is 15.9. The Morgan fingerprint density at radius 1 is 0.690 bits per heavy atom. The first kappa shape index (κ1) is 27.0. The van der Waals surface area contributed by atoms with Gasteiger partial charge in [-0.1, -0.05) is 52.0 Å². The summed E-state index contributed by atoms with van der Waals surface area (Å²) in [5, 5.41) is 18.9. The SMILES string of the molecule is CC(C)CCN=Cc1ccccc1O.CC(C)CCN=Cc1ccccc1O.[Zn]. The van der Waals surface area contributed by atoms with Crippen LogP contribution in [0.3, 0.4) is 0 Å². The van der Waals surface area contributed by atoms with E-state index in [2.05, 4.69) is 37.7 Å². The first-order chi connectivity index (χ1) is 13.4. The van der Waals surface area contributed by atoms with Crippen LogP contribution in [-0.2, 0) is 19.5 Å².